The van der Waals surface area contributed by atoms with Gasteiger partial charge in [0.1, 0.15) is 23.9 Å². The maximum atomic E-state index is 9.04. The zero-order valence-electron chi connectivity index (χ0n) is 15.1. The summed E-state index contributed by atoms with van der Waals surface area (Å²) >= 11 is 0. The van der Waals surface area contributed by atoms with E-state index in [9.17, 15) is 0 Å². The van der Waals surface area contributed by atoms with E-state index in [0.29, 0.717) is 18.8 Å². The van der Waals surface area contributed by atoms with E-state index in [1.165, 1.54) is 0 Å². The molecule has 0 amide bonds. The molecule has 3 aromatic heterocycles. The minimum atomic E-state index is 0.439. The molecule has 1 saturated heterocycles. The molecule has 1 aliphatic rings. The highest BCUT2D eigenvalue weighted by atomic mass is 16.5. The van der Waals surface area contributed by atoms with Crippen LogP contribution in [0.3, 0.4) is 0 Å². The second-order valence-corrected chi connectivity index (χ2v) is 6.27. The van der Waals surface area contributed by atoms with Crippen molar-refractivity contribution in [3.63, 3.8) is 0 Å². The van der Waals surface area contributed by atoms with Gasteiger partial charge in [-0.3, -0.25) is 0 Å². The molecule has 9 nitrogen and oxygen atoms in total. The van der Waals surface area contributed by atoms with E-state index < -0.39 is 0 Å². The molecule has 3 aromatic rings. The largest absolute Gasteiger partial charge is 0.383 e. The lowest BCUT2D eigenvalue weighted by atomic mass is 10.3. The number of imidazole rings is 1. The molecule has 9 heteroatoms. The van der Waals surface area contributed by atoms with Gasteiger partial charge in [0, 0.05) is 39.8 Å². The third kappa shape index (κ3) is 3.39. The third-order valence-corrected chi connectivity index (χ3v) is 4.67. The lowest BCUT2D eigenvalue weighted by molar-refractivity contribution is 0.188. The number of pyridine rings is 1. The van der Waals surface area contributed by atoms with Crippen LogP contribution in [0.25, 0.3) is 11.2 Å². The van der Waals surface area contributed by atoms with Gasteiger partial charge < -0.3 is 19.1 Å². The monoisotopic (exact) mass is 364 g/mol. The van der Waals surface area contributed by atoms with Crippen LogP contribution in [0.5, 0.6) is 0 Å². The lowest BCUT2D eigenvalue weighted by Gasteiger charge is -2.36. The van der Waals surface area contributed by atoms with E-state index >= 15 is 0 Å². The number of methoxy groups -OCH3 is 1. The molecule has 0 bridgehead atoms. The first-order chi connectivity index (χ1) is 13.3. The second kappa shape index (κ2) is 7.55. The molecule has 1 fully saturated rings. The van der Waals surface area contributed by atoms with Crippen molar-refractivity contribution < 1.29 is 4.74 Å². The first-order valence-corrected chi connectivity index (χ1v) is 8.82. The fourth-order valence-corrected chi connectivity index (χ4v) is 3.26. The van der Waals surface area contributed by atoms with Gasteiger partial charge in [-0.1, -0.05) is 6.07 Å². The van der Waals surface area contributed by atoms with Crippen LogP contribution in [-0.2, 0) is 11.3 Å². The SMILES string of the molecule is COCCn1cnc2c(N3CCN(c4cccc(C#N)n4)CC3)ncnc21. The summed E-state index contributed by atoms with van der Waals surface area (Å²) in [5.41, 5.74) is 2.07. The molecule has 0 N–H and O–H groups in total. The van der Waals surface area contributed by atoms with E-state index in [1.807, 2.05) is 16.7 Å². The Balaban J connectivity index is 1.51. The van der Waals surface area contributed by atoms with Crippen molar-refractivity contribution in [2.24, 2.45) is 0 Å². The predicted octanol–water partition coefficient (Wildman–Crippen LogP) is 1.07. The minimum absolute atomic E-state index is 0.439. The molecule has 0 aliphatic carbocycles. The quantitative estimate of drug-likeness (QED) is 0.663. The van der Waals surface area contributed by atoms with E-state index in [2.05, 4.69) is 35.8 Å². The fraction of sp³-hybridized carbons (Fsp3) is 0.389. The van der Waals surface area contributed by atoms with Gasteiger partial charge in [-0.15, -0.1) is 0 Å². The molecule has 0 saturated carbocycles. The number of aromatic nitrogens is 5. The number of anilines is 2. The Kier molecular flexibility index (Phi) is 4.80. The van der Waals surface area contributed by atoms with Crippen molar-refractivity contribution in [3.8, 4) is 6.07 Å². The lowest BCUT2D eigenvalue weighted by Crippen LogP contribution is -2.47. The minimum Gasteiger partial charge on any atom is -0.383 e. The van der Waals surface area contributed by atoms with Crippen molar-refractivity contribution in [1.82, 2.24) is 24.5 Å². The number of nitrogens with zero attached hydrogens (tertiary/aromatic N) is 8. The van der Waals surface area contributed by atoms with Gasteiger partial charge in [0.05, 0.1) is 12.9 Å². The number of rotatable bonds is 5. The molecule has 0 spiro atoms. The van der Waals surface area contributed by atoms with Crippen LogP contribution in [0, 0.1) is 11.3 Å². The van der Waals surface area contributed by atoms with Crippen LogP contribution in [0.1, 0.15) is 5.69 Å². The van der Waals surface area contributed by atoms with Crippen molar-refractivity contribution >= 4 is 22.8 Å². The Morgan fingerprint density at radius 2 is 1.93 bits per heavy atom. The van der Waals surface area contributed by atoms with Gasteiger partial charge in [0.25, 0.3) is 0 Å². The van der Waals surface area contributed by atoms with Crippen molar-refractivity contribution in [2.45, 2.75) is 6.54 Å². The Labute approximate surface area is 156 Å². The first kappa shape index (κ1) is 17.2. The first-order valence-electron chi connectivity index (χ1n) is 8.82. The van der Waals surface area contributed by atoms with Gasteiger partial charge in [-0.05, 0) is 12.1 Å². The highest BCUT2D eigenvalue weighted by molar-refractivity contribution is 5.83. The molecular weight excluding hydrogens is 344 g/mol. The van der Waals surface area contributed by atoms with Crippen LogP contribution < -0.4 is 9.80 Å². The van der Waals surface area contributed by atoms with Crippen molar-refractivity contribution in [1.29, 1.82) is 5.26 Å². The van der Waals surface area contributed by atoms with Gasteiger partial charge in [-0.25, -0.2) is 19.9 Å². The van der Waals surface area contributed by atoms with Gasteiger partial charge in [0.2, 0.25) is 0 Å². The zero-order chi connectivity index (χ0) is 18.6. The molecule has 1 aliphatic heterocycles. The smallest absolute Gasteiger partial charge is 0.165 e. The van der Waals surface area contributed by atoms with Crippen LogP contribution >= 0.6 is 0 Å². The number of piperazine rings is 1. The standard InChI is InChI=1S/C18H20N8O/c1-27-10-9-26-13-22-16-17(20-12-21-18(16)26)25-7-5-24(6-8-25)15-4-2-3-14(11-19)23-15/h2-4,12-13H,5-10H2,1H3. The molecule has 4 heterocycles. The fourth-order valence-electron chi connectivity index (χ4n) is 3.26. The average Bonchev–Trinajstić information content (AvgIpc) is 3.15. The van der Waals surface area contributed by atoms with Crippen LogP contribution in [-0.4, -0.2) is 64.4 Å². The summed E-state index contributed by atoms with van der Waals surface area (Å²) in [5, 5.41) is 9.04. The molecule has 4 rings (SSSR count). The van der Waals surface area contributed by atoms with E-state index in [-0.39, 0.29) is 0 Å². The third-order valence-electron chi connectivity index (χ3n) is 4.67. The second-order valence-electron chi connectivity index (χ2n) is 6.27. The average molecular weight is 364 g/mol. The van der Waals surface area contributed by atoms with E-state index in [4.69, 9.17) is 10.00 Å². The molecular formula is C18H20N8O. The van der Waals surface area contributed by atoms with Gasteiger partial charge in [0.15, 0.2) is 17.0 Å². The maximum Gasteiger partial charge on any atom is 0.165 e. The topological polar surface area (TPSA) is 96.0 Å². The molecule has 27 heavy (non-hydrogen) atoms. The summed E-state index contributed by atoms with van der Waals surface area (Å²) in [6.45, 7) is 4.52. The van der Waals surface area contributed by atoms with Crippen LogP contribution in [0.15, 0.2) is 30.9 Å². The van der Waals surface area contributed by atoms with Crippen molar-refractivity contribution in [3.05, 3.63) is 36.5 Å². The molecule has 138 valence electrons. The highest BCUT2D eigenvalue weighted by Crippen LogP contribution is 2.23. The number of fused-ring (bicyclic) bond motifs is 1. The number of hydrogen-bond donors (Lipinski definition) is 0. The summed E-state index contributed by atoms with van der Waals surface area (Å²) < 4.78 is 7.13. The van der Waals surface area contributed by atoms with E-state index in [0.717, 1.165) is 49.0 Å². The maximum absolute atomic E-state index is 9.04. The Bertz CT molecular complexity index is 971. The predicted molar refractivity (Wildman–Crippen MR) is 101 cm³/mol. The molecule has 0 unspecified atom stereocenters. The van der Waals surface area contributed by atoms with Gasteiger partial charge in [-0.2, -0.15) is 5.26 Å². The highest BCUT2D eigenvalue weighted by Gasteiger charge is 2.22. The molecule has 0 atom stereocenters. The summed E-state index contributed by atoms with van der Waals surface area (Å²) in [5.74, 6) is 1.69. The number of nitriles is 1. The summed E-state index contributed by atoms with van der Waals surface area (Å²) in [6, 6.07) is 7.62. The summed E-state index contributed by atoms with van der Waals surface area (Å²) in [6.07, 6.45) is 3.38. The van der Waals surface area contributed by atoms with Crippen LogP contribution in [0.2, 0.25) is 0 Å². The van der Waals surface area contributed by atoms with Gasteiger partial charge >= 0.3 is 0 Å². The summed E-state index contributed by atoms with van der Waals surface area (Å²) in [4.78, 5) is 22.2. The zero-order valence-corrected chi connectivity index (χ0v) is 15.1. The van der Waals surface area contributed by atoms with Crippen LogP contribution in [0.4, 0.5) is 11.6 Å². The summed E-state index contributed by atoms with van der Waals surface area (Å²) in [7, 11) is 1.68. The number of hydrogen-bond acceptors (Lipinski definition) is 8. The molecule has 0 radical (unpaired) electrons. The normalized spacial score (nSPS) is 14.5. The number of ether oxygens (including phenoxy) is 1. The van der Waals surface area contributed by atoms with Crippen molar-refractivity contribution in [2.75, 3.05) is 49.7 Å². The Hall–Kier alpha value is -3.25. The Morgan fingerprint density at radius 1 is 1.11 bits per heavy atom. The molecule has 0 aromatic carbocycles. The Morgan fingerprint density at radius 3 is 2.70 bits per heavy atom. The van der Waals surface area contributed by atoms with E-state index in [1.54, 1.807) is 25.8 Å².